The molecule has 0 bridgehead atoms. The number of hydrogen-bond acceptors (Lipinski definition) is 6. The van der Waals surface area contributed by atoms with E-state index in [2.05, 4.69) is 32.8 Å². The van der Waals surface area contributed by atoms with Crippen molar-refractivity contribution in [1.29, 1.82) is 0 Å². The number of carbonyl (C=O) groups excluding carboxylic acids is 1. The van der Waals surface area contributed by atoms with Crippen LogP contribution in [0.5, 0.6) is 0 Å². The Balaban J connectivity index is 1.45. The Bertz CT molecular complexity index is 962. The van der Waals surface area contributed by atoms with E-state index in [1.54, 1.807) is 12.1 Å². The molecule has 2 aliphatic rings. The zero-order valence-corrected chi connectivity index (χ0v) is 19.6. The van der Waals surface area contributed by atoms with Gasteiger partial charge < -0.3 is 20.7 Å². The van der Waals surface area contributed by atoms with Crippen LogP contribution in [0.3, 0.4) is 0 Å². The number of amides is 1. The number of carbonyl (C=O) groups is 1. The number of nitrogens with zero attached hydrogens (tertiary/aromatic N) is 2. The van der Waals surface area contributed by atoms with Crippen LogP contribution in [0.1, 0.15) is 39.0 Å². The molecule has 4 heterocycles. The van der Waals surface area contributed by atoms with Crippen LogP contribution in [-0.2, 0) is 9.53 Å². The van der Waals surface area contributed by atoms with E-state index in [1.165, 1.54) is 12.3 Å². The summed E-state index contributed by atoms with van der Waals surface area (Å²) >= 11 is 6.39. The second kappa shape index (κ2) is 11.2. The fourth-order valence-electron chi connectivity index (χ4n) is 4.33. The van der Waals surface area contributed by atoms with E-state index in [9.17, 15) is 9.18 Å². The predicted octanol–water partition coefficient (Wildman–Crippen LogP) is 4.49. The third-order valence-corrected chi connectivity index (χ3v) is 6.81. The highest BCUT2D eigenvalue weighted by Crippen LogP contribution is 2.30. The number of anilines is 2. The van der Waals surface area contributed by atoms with Crippen molar-refractivity contribution in [2.45, 2.75) is 45.1 Å². The number of pyridine rings is 2. The van der Waals surface area contributed by atoms with E-state index in [4.69, 9.17) is 16.3 Å². The number of hydrogen-bond donors (Lipinski definition) is 3. The first-order valence-electron chi connectivity index (χ1n) is 11.7. The van der Waals surface area contributed by atoms with Gasteiger partial charge in [0.25, 0.3) is 0 Å². The number of nitrogens with one attached hydrogen (secondary N) is 3. The Hall–Kier alpha value is -2.29. The topological polar surface area (TPSA) is 88.2 Å². The lowest BCUT2D eigenvalue weighted by Gasteiger charge is -2.28. The first kappa shape index (κ1) is 23.9. The Kier molecular flexibility index (Phi) is 8.11. The smallest absolute Gasteiger partial charge is 0.229 e. The average molecular weight is 476 g/mol. The van der Waals surface area contributed by atoms with Gasteiger partial charge in [0, 0.05) is 44.1 Å². The van der Waals surface area contributed by atoms with E-state index in [0.717, 1.165) is 45.3 Å². The number of ether oxygens (including phenoxy) is 1. The minimum absolute atomic E-state index is 0.0660. The molecule has 2 saturated heterocycles. The summed E-state index contributed by atoms with van der Waals surface area (Å²) in [5.41, 5.74) is 1.10. The molecule has 33 heavy (non-hydrogen) atoms. The van der Waals surface area contributed by atoms with Crippen molar-refractivity contribution in [2.75, 3.05) is 36.9 Å². The van der Waals surface area contributed by atoms with Gasteiger partial charge in [-0.05, 0) is 56.2 Å². The minimum atomic E-state index is -0.417. The molecule has 0 saturated carbocycles. The summed E-state index contributed by atoms with van der Waals surface area (Å²) in [5.74, 6) is 0.440. The maximum atomic E-state index is 14.4. The predicted molar refractivity (Wildman–Crippen MR) is 128 cm³/mol. The maximum Gasteiger partial charge on any atom is 0.229 e. The molecule has 2 fully saturated rings. The average Bonchev–Trinajstić information content (AvgIpc) is 2.85. The molecule has 4 rings (SSSR count). The van der Waals surface area contributed by atoms with Crippen LogP contribution in [0.15, 0.2) is 24.4 Å². The van der Waals surface area contributed by atoms with E-state index in [-0.39, 0.29) is 17.6 Å². The van der Waals surface area contributed by atoms with Crippen LogP contribution in [0, 0.1) is 17.7 Å². The number of piperidine rings is 1. The third kappa shape index (κ3) is 6.19. The van der Waals surface area contributed by atoms with Crippen LogP contribution in [0.25, 0.3) is 11.3 Å². The van der Waals surface area contributed by atoms with Gasteiger partial charge in [-0.25, -0.2) is 14.4 Å². The zero-order valence-electron chi connectivity index (χ0n) is 18.9. The molecule has 2 aromatic rings. The standard InChI is InChI=1S/C24H31ClFN5O2/c1-2-17-4-3-16(13-27-17)24(32)31-22-11-18(19(25)14-28-22)21-6-5-20(26)23(30-21)29-12-15-7-9-33-10-8-15/h5-6,11,14-17,27H,2-4,7-10,12-13H2,1H3,(H,29,30)(H,28,31,32)/t16-,17+/m1/s1. The highest BCUT2D eigenvalue weighted by atomic mass is 35.5. The van der Waals surface area contributed by atoms with Crippen molar-refractivity contribution in [3.63, 3.8) is 0 Å². The van der Waals surface area contributed by atoms with Gasteiger partial charge in [0.15, 0.2) is 11.6 Å². The lowest BCUT2D eigenvalue weighted by atomic mass is 9.93. The summed E-state index contributed by atoms with van der Waals surface area (Å²) in [4.78, 5) is 21.4. The second-order valence-corrected chi connectivity index (χ2v) is 9.20. The Morgan fingerprint density at radius 2 is 2.09 bits per heavy atom. The SMILES string of the molecule is CC[C@H]1CC[C@@H](C(=O)Nc2cc(-c3ccc(F)c(NCC4CCOCC4)n3)c(Cl)cn2)CN1. The molecule has 9 heteroatoms. The van der Waals surface area contributed by atoms with Crippen molar-refractivity contribution in [3.8, 4) is 11.3 Å². The number of halogens is 2. The molecule has 2 aliphatic heterocycles. The molecule has 7 nitrogen and oxygen atoms in total. The lowest BCUT2D eigenvalue weighted by Crippen LogP contribution is -2.43. The molecule has 0 aliphatic carbocycles. The monoisotopic (exact) mass is 475 g/mol. The zero-order chi connectivity index (χ0) is 23.2. The Labute approximate surface area is 198 Å². The minimum Gasteiger partial charge on any atom is -0.381 e. The van der Waals surface area contributed by atoms with Crippen LogP contribution < -0.4 is 16.0 Å². The van der Waals surface area contributed by atoms with Crippen LogP contribution in [-0.4, -0.2) is 48.2 Å². The van der Waals surface area contributed by atoms with Gasteiger partial charge in [-0.15, -0.1) is 0 Å². The highest BCUT2D eigenvalue weighted by Gasteiger charge is 2.25. The summed E-state index contributed by atoms with van der Waals surface area (Å²) in [6.07, 6.45) is 6.27. The van der Waals surface area contributed by atoms with E-state index in [1.807, 2.05) is 0 Å². The summed E-state index contributed by atoms with van der Waals surface area (Å²) in [6, 6.07) is 5.13. The number of rotatable bonds is 7. The Morgan fingerprint density at radius 1 is 1.27 bits per heavy atom. The summed E-state index contributed by atoms with van der Waals surface area (Å²) in [6.45, 7) is 4.91. The van der Waals surface area contributed by atoms with Crippen molar-refractivity contribution in [3.05, 3.63) is 35.2 Å². The first-order valence-corrected chi connectivity index (χ1v) is 12.1. The van der Waals surface area contributed by atoms with Gasteiger partial charge >= 0.3 is 0 Å². The first-order chi connectivity index (χ1) is 16.0. The maximum absolute atomic E-state index is 14.4. The van der Waals surface area contributed by atoms with Crippen LogP contribution in [0.2, 0.25) is 5.02 Å². The van der Waals surface area contributed by atoms with Gasteiger partial charge in [-0.1, -0.05) is 18.5 Å². The van der Waals surface area contributed by atoms with Gasteiger partial charge in [0.1, 0.15) is 5.82 Å². The van der Waals surface area contributed by atoms with Crippen molar-refractivity contribution in [1.82, 2.24) is 15.3 Å². The van der Waals surface area contributed by atoms with E-state index < -0.39 is 5.82 Å². The van der Waals surface area contributed by atoms with Crippen molar-refractivity contribution < 1.29 is 13.9 Å². The second-order valence-electron chi connectivity index (χ2n) is 8.79. The molecular formula is C24H31ClFN5O2. The fraction of sp³-hybridized carbons (Fsp3) is 0.542. The van der Waals surface area contributed by atoms with Crippen LogP contribution >= 0.6 is 11.6 Å². The van der Waals surface area contributed by atoms with Gasteiger partial charge in [0.2, 0.25) is 5.91 Å². The summed E-state index contributed by atoms with van der Waals surface area (Å²) in [7, 11) is 0. The molecule has 0 spiro atoms. The normalized spacial score (nSPS) is 21.5. The lowest BCUT2D eigenvalue weighted by molar-refractivity contribution is -0.120. The fourth-order valence-corrected chi connectivity index (χ4v) is 4.53. The molecule has 0 unspecified atom stereocenters. The van der Waals surface area contributed by atoms with Gasteiger partial charge in [0.05, 0.1) is 16.6 Å². The quantitative estimate of drug-likeness (QED) is 0.546. The van der Waals surface area contributed by atoms with E-state index in [0.29, 0.717) is 47.1 Å². The molecule has 0 radical (unpaired) electrons. The molecule has 3 N–H and O–H groups in total. The summed E-state index contributed by atoms with van der Waals surface area (Å²) in [5, 5.41) is 9.83. The van der Waals surface area contributed by atoms with E-state index >= 15 is 0 Å². The molecule has 0 aromatic carbocycles. The Morgan fingerprint density at radius 3 is 2.82 bits per heavy atom. The number of aromatic nitrogens is 2. The molecule has 2 atom stereocenters. The summed E-state index contributed by atoms with van der Waals surface area (Å²) < 4.78 is 19.8. The molecule has 2 aromatic heterocycles. The highest BCUT2D eigenvalue weighted by molar-refractivity contribution is 6.33. The van der Waals surface area contributed by atoms with Gasteiger partial charge in [-0.3, -0.25) is 4.79 Å². The van der Waals surface area contributed by atoms with Gasteiger partial charge in [-0.2, -0.15) is 0 Å². The molecule has 178 valence electrons. The largest absolute Gasteiger partial charge is 0.381 e. The van der Waals surface area contributed by atoms with Crippen molar-refractivity contribution in [2.24, 2.45) is 11.8 Å². The van der Waals surface area contributed by atoms with Crippen LogP contribution in [0.4, 0.5) is 16.0 Å². The third-order valence-electron chi connectivity index (χ3n) is 6.51. The molecule has 1 amide bonds. The molecular weight excluding hydrogens is 445 g/mol. The van der Waals surface area contributed by atoms with Crippen molar-refractivity contribution >= 4 is 29.1 Å².